The van der Waals surface area contributed by atoms with Crippen molar-refractivity contribution in [1.29, 1.82) is 0 Å². The second-order valence-corrected chi connectivity index (χ2v) is 2.16. The lowest BCUT2D eigenvalue weighted by atomic mass is 15.8. The van der Waals surface area contributed by atoms with Gasteiger partial charge >= 0.3 is 16.5 Å². The molecule has 0 aliphatic carbocycles. The molecule has 0 aliphatic rings. The summed E-state index contributed by atoms with van der Waals surface area (Å²) in [6.07, 6.45) is 0. The predicted molar refractivity (Wildman–Crippen MR) is 32.9 cm³/mol. The van der Waals surface area contributed by atoms with Gasteiger partial charge < -0.3 is 4.80 Å². The van der Waals surface area contributed by atoms with Crippen LogP contribution in [0, 0.1) is 0 Å². The lowest BCUT2D eigenvalue weighted by Crippen LogP contribution is -1.58. The maximum absolute atomic E-state index is 9.39. The van der Waals surface area contributed by atoms with Gasteiger partial charge in [-0.25, -0.2) is 0 Å². The van der Waals surface area contributed by atoms with Crippen LogP contribution < -0.4 is 0 Å². The Labute approximate surface area is 55.9 Å². The van der Waals surface area contributed by atoms with Crippen molar-refractivity contribution in [3.63, 3.8) is 0 Å². The molecule has 0 aromatic rings. The summed E-state index contributed by atoms with van der Waals surface area (Å²) < 4.78 is 22.2. The third kappa shape index (κ3) is 17.8. The Balaban J connectivity index is 0. The van der Waals surface area contributed by atoms with E-state index >= 15 is 0 Å². The fourth-order valence-electron chi connectivity index (χ4n) is 0.0598. The second kappa shape index (κ2) is 8.26. The average molecular weight is 192 g/mol. The van der Waals surface area contributed by atoms with Crippen molar-refractivity contribution in [1.82, 2.24) is 0 Å². The summed E-state index contributed by atoms with van der Waals surface area (Å²) in [5, 5.41) is 0. The van der Waals surface area contributed by atoms with Crippen molar-refractivity contribution >= 4 is 27.0 Å². The van der Waals surface area contributed by atoms with E-state index in [-0.39, 0.29) is 0 Å². The molecule has 0 heterocycles. The molecule has 0 radical (unpaired) electrons. The van der Waals surface area contributed by atoms with Crippen LogP contribution in [-0.2, 0) is 13.4 Å². The first kappa shape index (κ1) is 12.0. The third-order valence-electron chi connectivity index (χ3n) is 0.140. The summed E-state index contributed by atoms with van der Waals surface area (Å²) in [6.45, 7) is 0. The molecule has 3 N–H and O–H groups in total. The molecule has 0 bridgehead atoms. The van der Waals surface area contributed by atoms with Crippen molar-refractivity contribution in [2.75, 3.05) is 0 Å². The topological polar surface area (TPSA) is 104 Å². The van der Waals surface area contributed by atoms with Crippen molar-refractivity contribution in [2.45, 2.75) is 0 Å². The molecule has 6 nitrogen and oxygen atoms in total. The van der Waals surface area contributed by atoms with Gasteiger partial charge in [0.2, 0.25) is 0 Å². The van der Waals surface area contributed by atoms with Crippen LogP contribution in [-0.4, -0.2) is 25.1 Å². The van der Waals surface area contributed by atoms with Crippen molar-refractivity contribution in [3.8, 4) is 0 Å². The van der Waals surface area contributed by atoms with Gasteiger partial charge in [0.1, 0.15) is 10.5 Å². The molecule has 0 aliphatic heterocycles. The first-order valence-electron chi connectivity index (χ1n) is 1.58. The van der Waals surface area contributed by atoms with E-state index in [2.05, 4.69) is 4.31 Å². The smallest absolute Gasteiger partial charge is 0.442 e. The molecule has 0 saturated heterocycles. The van der Waals surface area contributed by atoms with Crippen LogP contribution in [0.1, 0.15) is 0 Å². The minimum absolute atomic E-state index is 0.306. The molecule has 0 fully saturated rings. The van der Waals surface area contributed by atoms with Crippen LogP contribution in [0.15, 0.2) is 0 Å². The maximum Gasteiger partial charge on any atom is 0.745 e. The monoisotopic (exact) mass is 192 g/mol. The van der Waals surface area contributed by atoms with E-state index in [0.29, 0.717) is 10.5 Å². The fraction of sp³-hybridized carbons (Fsp3) is 0. The highest BCUT2D eigenvalue weighted by Crippen LogP contribution is 2.30. The van der Waals surface area contributed by atoms with E-state index in [1.54, 1.807) is 0 Å². The van der Waals surface area contributed by atoms with Gasteiger partial charge in [0.15, 0.2) is 4.31 Å². The van der Waals surface area contributed by atoms with Crippen LogP contribution >= 0.6 is 16.5 Å². The Morgan fingerprint density at radius 2 is 1.33 bits per heavy atom. The fourth-order valence-corrected chi connectivity index (χ4v) is 0.538. The predicted octanol–water partition coefficient (Wildman–Crippen LogP) is -1.44. The summed E-state index contributed by atoms with van der Waals surface area (Å²) in [6, 6.07) is 0. The van der Waals surface area contributed by atoms with E-state index in [9.17, 15) is 9.13 Å². The summed E-state index contributed by atoms with van der Waals surface area (Å²) >= 11 is 0. The van der Waals surface area contributed by atoms with Gasteiger partial charge in [-0.3, -0.25) is 0 Å². The third-order valence-corrected chi connectivity index (χ3v) is 1.26. The highest BCUT2D eigenvalue weighted by molar-refractivity contribution is 7.46. The van der Waals surface area contributed by atoms with E-state index < -0.39 is 16.5 Å². The molecule has 0 amide bonds. The molecule has 0 spiro atoms. The van der Waals surface area contributed by atoms with Gasteiger partial charge in [0.05, 0.1) is 0 Å². The Hall–Kier alpha value is 0.257. The zero-order chi connectivity index (χ0) is 7.86. The molecule has 2 atom stereocenters. The average Bonchev–Trinajstić information content (AvgIpc) is 1.68. The zero-order valence-corrected chi connectivity index (χ0v) is 8.25. The quantitative estimate of drug-likeness (QED) is 0.365. The highest BCUT2D eigenvalue weighted by Gasteiger charge is 2.31. The minimum atomic E-state index is -2.92. The van der Waals surface area contributed by atoms with Gasteiger partial charge in [0, 0.05) is 9.13 Å². The summed E-state index contributed by atoms with van der Waals surface area (Å²) in [7, 11) is -5.54. The van der Waals surface area contributed by atoms with Crippen LogP contribution in [0.5, 0.6) is 0 Å². The van der Waals surface area contributed by atoms with Gasteiger partial charge in [-0.2, -0.15) is 0 Å². The number of hydrogen-bond donors (Lipinski definition) is 3. The van der Waals surface area contributed by atoms with Gasteiger partial charge in [-0.05, 0) is 0 Å². The van der Waals surface area contributed by atoms with Crippen LogP contribution in [0.3, 0.4) is 0 Å². The molecule has 0 rings (SSSR count). The van der Waals surface area contributed by atoms with Crippen molar-refractivity contribution in [2.24, 2.45) is 0 Å². The number of hydrogen-bond acceptors (Lipinski definition) is 4. The molecule has 0 aromatic carbocycles. The van der Waals surface area contributed by atoms with E-state index in [1.165, 1.54) is 0 Å². The Kier molecular flexibility index (Phi) is 11.0. The van der Waals surface area contributed by atoms with Gasteiger partial charge in [-0.15, -0.1) is 9.79 Å². The van der Waals surface area contributed by atoms with Crippen LogP contribution in [0.25, 0.3) is 0 Å². The minimum Gasteiger partial charge on any atom is -0.442 e. The molecule has 9 heavy (non-hydrogen) atoms. The molecule has 0 saturated carbocycles. The standard InChI is InChI=1S/O5P2.H4OSi/c1-6(2)5-7(3)4;1-2/h;1H,2H3/p+2. The van der Waals surface area contributed by atoms with Crippen molar-refractivity contribution < 1.29 is 28.0 Å². The van der Waals surface area contributed by atoms with Crippen molar-refractivity contribution in [3.05, 3.63) is 0 Å². The second-order valence-electron chi connectivity index (χ2n) is 0.557. The summed E-state index contributed by atoms with van der Waals surface area (Å²) in [5.74, 6) is 0. The lowest BCUT2D eigenvalue weighted by Gasteiger charge is -1.50. The molecule has 54 valence electrons. The zero-order valence-electron chi connectivity index (χ0n) is 4.46. The molecular formula is H6O6P2Si+2. The van der Waals surface area contributed by atoms with Crippen LogP contribution in [0.2, 0.25) is 0 Å². The largest absolute Gasteiger partial charge is 0.745 e. The Morgan fingerprint density at radius 1 is 1.11 bits per heavy atom. The van der Waals surface area contributed by atoms with E-state index in [1.807, 2.05) is 0 Å². The summed E-state index contributed by atoms with van der Waals surface area (Å²) in [4.78, 5) is 22.5. The first-order valence-corrected chi connectivity index (χ1v) is 4.73. The molecular weight excluding hydrogens is 186 g/mol. The van der Waals surface area contributed by atoms with E-state index in [4.69, 9.17) is 14.6 Å². The first-order chi connectivity index (χ1) is 4.13. The molecule has 9 heteroatoms. The van der Waals surface area contributed by atoms with E-state index in [0.717, 1.165) is 0 Å². The summed E-state index contributed by atoms with van der Waals surface area (Å²) in [5.41, 5.74) is 0. The number of rotatable bonds is 2. The van der Waals surface area contributed by atoms with Gasteiger partial charge in [0.25, 0.3) is 0 Å². The Bertz CT molecular complexity index is 87.2. The lowest BCUT2D eigenvalue weighted by molar-refractivity contribution is 0.371. The maximum atomic E-state index is 9.39. The van der Waals surface area contributed by atoms with Crippen LogP contribution in [0.4, 0.5) is 0 Å². The molecule has 2 unspecified atom stereocenters. The SMILES string of the molecule is O=[P+](O)O[P+](=O)O.O[SiH3]. The Morgan fingerprint density at radius 3 is 1.33 bits per heavy atom. The normalized spacial score (nSPS) is 11.4. The van der Waals surface area contributed by atoms with Gasteiger partial charge in [-0.1, -0.05) is 0 Å². The molecule has 0 aromatic heterocycles. The highest BCUT2D eigenvalue weighted by atomic mass is 31.2.